The Morgan fingerprint density at radius 3 is 2.85 bits per heavy atom. The molecule has 1 aliphatic rings. The number of rotatable bonds is 4. The first-order chi connectivity index (χ1) is 9.52. The highest BCUT2D eigenvalue weighted by molar-refractivity contribution is 5.93. The smallest absolute Gasteiger partial charge is 0.270 e. The monoisotopic (exact) mass is 277 g/mol. The van der Waals surface area contributed by atoms with E-state index >= 15 is 0 Å². The second kappa shape index (κ2) is 6.11. The predicted octanol–water partition coefficient (Wildman–Crippen LogP) is 1.67. The van der Waals surface area contributed by atoms with E-state index in [2.05, 4.69) is 19.2 Å². The van der Waals surface area contributed by atoms with Crippen LogP contribution in [0, 0.1) is 5.92 Å². The first-order valence-corrected chi connectivity index (χ1v) is 7.19. The summed E-state index contributed by atoms with van der Waals surface area (Å²) in [5.74, 6) is 0.402. The second-order valence-electron chi connectivity index (χ2n) is 5.68. The molecule has 1 aromatic rings. The van der Waals surface area contributed by atoms with Crippen LogP contribution >= 0.6 is 0 Å². The van der Waals surface area contributed by atoms with E-state index in [4.69, 9.17) is 0 Å². The van der Waals surface area contributed by atoms with Gasteiger partial charge in [0.05, 0.1) is 0 Å². The largest absolute Gasteiger partial charge is 0.359 e. The van der Waals surface area contributed by atoms with Gasteiger partial charge in [0.1, 0.15) is 5.69 Å². The van der Waals surface area contributed by atoms with E-state index in [1.165, 1.54) is 0 Å². The van der Waals surface area contributed by atoms with Crippen LogP contribution in [0.4, 0.5) is 0 Å². The minimum absolute atomic E-state index is 0.0508. The van der Waals surface area contributed by atoms with Crippen molar-refractivity contribution in [2.75, 3.05) is 20.1 Å². The van der Waals surface area contributed by atoms with E-state index < -0.39 is 0 Å². The fourth-order valence-corrected chi connectivity index (χ4v) is 2.74. The van der Waals surface area contributed by atoms with Gasteiger partial charge in [-0.25, -0.2) is 0 Å². The first kappa shape index (κ1) is 14.6. The minimum Gasteiger partial charge on any atom is -0.359 e. The van der Waals surface area contributed by atoms with Crippen molar-refractivity contribution >= 4 is 11.8 Å². The van der Waals surface area contributed by atoms with E-state index in [1.807, 2.05) is 27.8 Å². The molecular formula is C15H23N3O2. The van der Waals surface area contributed by atoms with Crippen LogP contribution in [0.5, 0.6) is 0 Å². The maximum Gasteiger partial charge on any atom is 0.270 e. The van der Waals surface area contributed by atoms with Gasteiger partial charge in [0.25, 0.3) is 5.91 Å². The molecule has 1 aromatic heterocycles. The summed E-state index contributed by atoms with van der Waals surface area (Å²) in [6.45, 7) is 5.55. The summed E-state index contributed by atoms with van der Waals surface area (Å²) in [6, 6.07) is 4.05. The standard InChI is InChI=1S/C15H23N3O2/c1-11(2)18-7-4-5-13(18)15(20)17-8-6-12(10-17)9-14(19)16-3/h4-5,7,11-12H,6,8-10H2,1-3H3,(H,16,19)/t12-/m1/s1. The van der Waals surface area contributed by atoms with Gasteiger partial charge >= 0.3 is 0 Å². The Kier molecular flexibility index (Phi) is 4.47. The Balaban J connectivity index is 2.01. The van der Waals surface area contributed by atoms with Crippen molar-refractivity contribution in [3.8, 4) is 0 Å². The van der Waals surface area contributed by atoms with Gasteiger partial charge in [-0.15, -0.1) is 0 Å². The van der Waals surface area contributed by atoms with Gasteiger partial charge in [-0.1, -0.05) is 0 Å². The van der Waals surface area contributed by atoms with Gasteiger partial charge in [-0.2, -0.15) is 0 Å². The molecule has 2 heterocycles. The number of carbonyl (C=O) groups is 2. The lowest BCUT2D eigenvalue weighted by atomic mass is 10.0. The number of nitrogens with one attached hydrogen (secondary N) is 1. The molecule has 0 unspecified atom stereocenters. The number of hydrogen-bond acceptors (Lipinski definition) is 2. The summed E-state index contributed by atoms with van der Waals surface area (Å²) in [5.41, 5.74) is 0.737. The fourth-order valence-electron chi connectivity index (χ4n) is 2.74. The van der Waals surface area contributed by atoms with Gasteiger partial charge < -0.3 is 14.8 Å². The molecule has 1 saturated heterocycles. The van der Waals surface area contributed by atoms with Gasteiger partial charge in [0.2, 0.25) is 5.91 Å². The first-order valence-electron chi connectivity index (χ1n) is 7.19. The molecule has 1 atom stereocenters. The molecule has 5 heteroatoms. The molecule has 0 radical (unpaired) electrons. The molecule has 0 aromatic carbocycles. The van der Waals surface area contributed by atoms with E-state index in [-0.39, 0.29) is 23.8 Å². The van der Waals surface area contributed by atoms with Crippen LogP contribution in [0.2, 0.25) is 0 Å². The highest BCUT2D eigenvalue weighted by Crippen LogP contribution is 2.22. The number of likely N-dealkylation sites (tertiary alicyclic amines) is 1. The Morgan fingerprint density at radius 1 is 1.45 bits per heavy atom. The zero-order valence-corrected chi connectivity index (χ0v) is 12.4. The number of nitrogens with zero attached hydrogens (tertiary/aromatic N) is 2. The van der Waals surface area contributed by atoms with Crippen LogP contribution in [-0.2, 0) is 4.79 Å². The molecule has 2 rings (SSSR count). The van der Waals surface area contributed by atoms with Crippen LogP contribution in [0.15, 0.2) is 18.3 Å². The molecular weight excluding hydrogens is 254 g/mol. The van der Waals surface area contributed by atoms with Crippen molar-refractivity contribution in [3.05, 3.63) is 24.0 Å². The lowest BCUT2D eigenvalue weighted by Crippen LogP contribution is -2.31. The van der Waals surface area contributed by atoms with Gasteiger partial charge in [0.15, 0.2) is 0 Å². The predicted molar refractivity (Wildman–Crippen MR) is 77.5 cm³/mol. The summed E-state index contributed by atoms with van der Waals surface area (Å²) >= 11 is 0. The molecule has 1 aliphatic heterocycles. The van der Waals surface area contributed by atoms with Crippen molar-refractivity contribution in [3.63, 3.8) is 0 Å². The van der Waals surface area contributed by atoms with Crippen molar-refractivity contribution in [2.24, 2.45) is 5.92 Å². The van der Waals surface area contributed by atoms with Crippen LogP contribution in [-0.4, -0.2) is 41.4 Å². The molecule has 110 valence electrons. The highest BCUT2D eigenvalue weighted by Gasteiger charge is 2.29. The molecule has 0 spiro atoms. The molecule has 1 fully saturated rings. The van der Waals surface area contributed by atoms with Crippen LogP contribution in [0.3, 0.4) is 0 Å². The van der Waals surface area contributed by atoms with E-state index in [0.29, 0.717) is 13.0 Å². The Bertz CT molecular complexity index is 493. The molecule has 5 nitrogen and oxygen atoms in total. The zero-order valence-electron chi connectivity index (χ0n) is 12.4. The van der Waals surface area contributed by atoms with Crippen LogP contribution < -0.4 is 5.32 Å². The van der Waals surface area contributed by atoms with Crippen LogP contribution in [0.1, 0.15) is 43.2 Å². The average Bonchev–Trinajstić information content (AvgIpc) is 3.06. The molecule has 1 N–H and O–H groups in total. The summed E-state index contributed by atoms with van der Waals surface area (Å²) in [5, 5.41) is 2.64. The normalized spacial score (nSPS) is 18.6. The van der Waals surface area contributed by atoms with E-state index in [1.54, 1.807) is 7.05 Å². The highest BCUT2D eigenvalue weighted by atomic mass is 16.2. The van der Waals surface area contributed by atoms with E-state index in [0.717, 1.165) is 18.7 Å². The maximum absolute atomic E-state index is 12.5. The summed E-state index contributed by atoms with van der Waals surface area (Å²) in [4.78, 5) is 25.8. The minimum atomic E-state index is 0.0508. The Hall–Kier alpha value is -1.78. The van der Waals surface area contributed by atoms with E-state index in [9.17, 15) is 9.59 Å². The number of amides is 2. The Morgan fingerprint density at radius 2 is 2.20 bits per heavy atom. The lowest BCUT2D eigenvalue weighted by Gasteiger charge is -2.19. The number of aromatic nitrogens is 1. The number of carbonyl (C=O) groups excluding carboxylic acids is 2. The quantitative estimate of drug-likeness (QED) is 0.910. The third-order valence-electron chi connectivity index (χ3n) is 3.88. The third-order valence-corrected chi connectivity index (χ3v) is 3.88. The lowest BCUT2D eigenvalue weighted by molar-refractivity contribution is -0.121. The molecule has 2 amide bonds. The van der Waals surface area contributed by atoms with Crippen molar-refractivity contribution < 1.29 is 9.59 Å². The molecule has 0 saturated carbocycles. The maximum atomic E-state index is 12.5. The summed E-state index contributed by atoms with van der Waals surface area (Å²) < 4.78 is 1.99. The van der Waals surface area contributed by atoms with Crippen molar-refractivity contribution in [1.29, 1.82) is 0 Å². The van der Waals surface area contributed by atoms with Crippen molar-refractivity contribution in [1.82, 2.24) is 14.8 Å². The average molecular weight is 277 g/mol. The van der Waals surface area contributed by atoms with Gasteiger partial charge in [-0.05, 0) is 38.3 Å². The molecule has 0 aliphatic carbocycles. The molecule has 20 heavy (non-hydrogen) atoms. The number of hydrogen-bond donors (Lipinski definition) is 1. The second-order valence-corrected chi connectivity index (χ2v) is 5.68. The third kappa shape index (κ3) is 3.03. The summed E-state index contributed by atoms with van der Waals surface area (Å²) in [6.07, 6.45) is 3.35. The topological polar surface area (TPSA) is 54.3 Å². The SMILES string of the molecule is CNC(=O)C[C@H]1CCN(C(=O)c2cccn2C(C)C)C1. The van der Waals surface area contributed by atoms with Crippen molar-refractivity contribution in [2.45, 2.75) is 32.7 Å². The fraction of sp³-hybridized carbons (Fsp3) is 0.600. The van der Waals surface area contributed by atoms with Crippen LogP contribution in [0.25, 0.3) is 0 Å². The van der Waals surface area contributed by atoms with Gasteiger partial charge in [-0.3, -0.25) is 9.59 Å². The molecule has 0 bridgehead atoms. The zero-order chi connectivity index (χ0) is 14.7. The summed E-state index contributed by atoms with van der Waals surface area (Å²) in [7, 11) is 1.65. The van der Waals surface area contributed by atoms with Gasteiger partial charge in [0, 0.05) is 38.8 Å². The Labute approximate surface area is 119 Å².